The molecular weight excluding hydrogens is 212 g/mol. The molecule has 0 aromatic carbocycles. The van der Waals surface area contributed by atoms with E-state index >= 15 is 0 Å². The van der Waals surface area contributed by atoms with Crippen LogP contribution in [0.2, 0.25) is 0 Å². The first-order valence-electron chi connectivity index (χ1n) is 7.10. The highest BCUT2D eigenvalue weighted by Crippen LogP contribution is 2.29. The molecule has 0 radical (unpaired) electrons. The Morgan fingerprint density at radius 1 is 1.18 bits per heavy atom. The standard InChI is InChI=1S/C14H28N2O/c1-12-6-8-13(9-7-12)14(17)16(2)11-5-3-4-10-15/h12-13H,3-11,15H2,1-2H3. The molecule has 100 valence electrons. The molecule has 3 nitrogen and oxygen atoms in total. The quantitative estimate of drug-likeness (QED) is 0.725. The number of rotatable bonds is 6. The molecule has 1 rings (SSSR count). The van der Waals surface area contributed by atoms with Crippen LogP contribution in [0.25, 0.3) is 0 Å². The van der Waals surface area contributed by atoms with E-state index in [2.05, 4.69) is 6.92 Å². The molecule has 0 aliphatic heterocycles. The molecule has 1 saturated carbocycles. The van der Waals surface area contributed by atoms with Crippen molar-refractivity contribution in [3.8, 4) is 0 Å². The Morgan fingerprint density at radius 3 is 2.41 bits per heavy atom. The van der Waals surface area contributed by atoms with Crippen LogP contribution in [0.1, 0.15) is 51.9 Å². The van der Waals surface area contributed by atoms with Gasteiger partial charge in [-0.3, -0.25) is 4.79 Å². The lowest BCUT2D eigenvalue weighted by atomic mass is 9.82. The van der Waals surface area contributed by atoms with Gasteiger partial charge in [-0.25, -0.2) is 0 Å². The summed E-state index contributed by atoms with van der Waals surface area (Å²) in [4.78, 5) is 14.1. The van der Waals surface area contributed by atoms with Crippen molar-refractivity contribution < 1.29 is 4.79 Å². The van der Waals surface area contributed by atoms with Crippen molar-refractivity contribution >= 4 is 5.91 Å². The molecule has 0 unspecified atom stereocenters. The third-order valence-electron chi connectivity index (χ3n) is 3.94. The van der Waals surface area contributed by atoms with Crippen LogP contribution in [0.4, 0.5) is 0 Å². The van der Waals surface area contributed by atoms with Gasteiger partial charge in [0.15, 0.2) is 0 Å². The first-order valence-corrected chi connectivity index (χ1v) is 7.10. The summed E-state index contributed by atoms with van der Waals surface area (Å²) in [5.41, 5.74) is 5.45. The first-order chi connectivity index (χ1) is 8.15. The van der Waals surface area contributed by atoms with Crippen molar-refractivity contribution in [1.82, 2.24) is 4.90 Å². The maximum Gasteiger partial charge on any atom is 0.225 e. The number of hydrogen-bond donors (Lipinski definition) is 1. The number of unbranched alkanes of at least 4 members (excludes halogenated alkanes) is 2. The molecule has 2 N–H and O–H groups in total. The molecule has 0 bridgehead atoms. The number of nitrogens with zero attached hydrogens (tertiary/aromatic N) is 1. The topological polar surface area (TPSA) is 46.3 Å². The molecule has 0 atom stereocenters. The lowest BCUT2D eigenvalue weighted by molar-refractivity contribution is -0.135. The molecule has 1 aliphatic carbocycles. The smallest absolute Gasteiger partial charge is 0.225 e. The maximum absolute atomic E-state index is 12.2. The maximum atomic E-state index is 12.2. The average Bonchev–Trinajstić information content (AvgIpc) is 2.34. The number of carbonyl (C=O) groups is 1. The molecular formula is C14H28N2O. The zero-order valence-electron chi connectivity index (χ0n) is 11.5. The normalized spacial score (nSPS) is 24.6. The van der Waals surface area contributed by atoms with Gasteiger partial charge in [-0.15, -0.1) is 0 Å². The van der Waals surface area contributed by atoms with Crippen LogP contribution in [-0.4, -0.2) is 30.9 Å². The van der Waals surface area contributed by atoms with Gasteiger partial charge in [0.1, 0.15) is 0 Å². The summed E-state index contributed by atoms with van der Waals surface area (Å²) in [6.45, 7) is 3.94. The number of amides is 1. The van der Waals surface area contributed by atoms with Crippen molar-refractivity contribution in [2.45, 2.75) is 51.9 Å². The lowest BCUT2D eigenvalue weighted by Gasteiger charge is -2.29. The van der Waals surface area contributed by atoms with Crippen LogP contribution >= 0.6 is 0 Å². The Bertz CT molecular complexity index is 222. The van der Waals surface area contributed by atoms with E-state index in [1.54, 1.807) is 0 Å². The molecule has 1 aliphatic rings. The van der Waals surface area contributed by atoms with Crippen LogP contribution < -0.4 is 5.73 Å². The third-order valence-corrected chi connectivity index (χ3v) is 3.94. The number of nitrogens with two attached hydrogens (primary N) is 1. The second kappa shape index (κ2) is 7.70. The molecule has 0 aromatic rings. The van der Waals surface area contributed by atoms with Crippen molar-refractivity contribution in [3.05, 3.63) is 0 Å². The second-order valence-corrected chi connectivity index (χ2v) is 5.57. The van der Waals surface area contributed by atoms with E-state index in [4.69, 9.17) is 5.73 Å². The monoisotopic (exact) mass is 240 g/mol. The number of hydrogen-bond acceptors (Lipinski definition) is 2. The second-order valence-electron chi connectivity index (χ2n) is 5.57. The van der Waals surface area contributed by atoms with Crippen molar-refractivity contribution in [2.75, 3.05) is 20.1 Å². The highest BCUT2D eigenvalue weighted by Gasteiger charge is 2.26. The third kappa shape index (κ3) is 5.07. The molecule has 3 heteroatoms. The summed E-state index contributed by atoms with van der Waals surface area (Å²) in [6.07, 6.45) is 7.91. The molecule has 0 spiro atoms. The number of carbonyl (C=O) groups excluding carboxylic acids is 1. The van der Waals surface area contributed by atoms with E-state index < -0.39 is 0 Å². The minimum atomic E-state index is 0.297. The van der Waals surface area contributed by atoms with E-state index in [1.807, 2.05) is 11.9 Å². The minimum Gasteiger partial charge on any atom is -0.346 e. The molecule has 1 fully saturated rings. The Balaban J connectivity index is 2.21. The van der Waals surface area contributed by atoms with Gasteiger partial charge in [-0.05, 0) is 51.0 Å². The summed E-state index contributed by atoms with van der Waals surface area (Å²) < 4.78 is 0. The Morgan fingerprint density at radius 2 is 1.82 bits per heavy atom. The molecule has 1 amide bonds. The molecule has 17 heavy (non-hydrogen) atoms. The van der Waals surface area contributed by atoms with E-state index in [1.165, 1.54) is 12.8 Å². The van der Waals surface area contributed by atoms with E-state index in [-0.39, 0.29) is 0 Å². The predicted octanol–water partition coefficient (Wildman–Crippen LogP) is 2.40. The SMILES string of the molecule is CC1CCC(C(=O)N(C)CCCCCN)CC1. The largest absolute Gasteiger partial charge is 0.346 e. The van der Waals surface area contributed by atoms with E-state index in [0.717, 1.165) is 51.1 Å². The average molecular weight is 240 g/mol. The Labute approximate surface area is 106 Å². The Hall–Kier alpha value is -0.570. The van der Waals surface area contributed by atoms with Gasteiger partial charge in [-0.1, -0.05) is 13.3 Å². The summed E-state index contributed by atoms with van der Waals surface area (Å²) in [5.74, 6) is 1.48. The van der Waals surface area contributed by atoms with Crippen LogP contribution in [0.15, 0.2) is 0 Å². The van der Waals surface area contributed by atoms with Crippen LogP contribution in [0.5, 0.6) is 0 Å². The van der Waals surface area contributed by atoms with Gasteiger partial charge in [0, 0.05) is 19.5 Å². The minimum absolute atomic E-state index is 0.297. The van der Waals surface area contributed by atoms with E-state index in [9.17, 15) is 4.79 Å². The van der Waals surface area contributed by atoms with Gasteiger partial charge in [0.2, 0.25) is 5.91 Å². The van der Waals surface area contributed by atoms with E-state index in [0.29, 0.717) is 11.8 Å². The van der Waals surface area contributed by atoms with Crippen molar-refractivity contribution in [1.29, 1.82) is 0 Å². The summed E-state index contributed by atoms with van der Waals surface area (Å²) in [5, 5.41) is 0. The van der Waals surface area contributed by atoms with Crippen LogP contribution in [0.3, 0.4) is 0 Å². The summed E-state index contributed by atoms with van der Waals surface area (Å²) in [6, 6.07) is 0. The van der Waals surface area contributed by atoms with Gasteiger partial charge < -0.3 is 10.6 Å². The zero-order chi connectivity index (χ0) is 12.7. The van der Waals surface area contributed by atoms with Crippen molar-refractivity contribution in [3.63, 3.8) is 0 Å². The van der Waals surface area contributed by atoms with Crippen LogP contribution in [0, 0.1) is 11.8 Å². The molecule has 0 heterocycles. The summed E-state index contributed by atoms with van der Waals surface area (Å²) in [7, 11) is 1.95. The van der Waals surface area contributed by atoms with Gasteiger partial charge >= 0.3 is 0 Å². The lowest BCUT2D eigenvalue weighted by Crippen LogP contribution is -2.35. The molecule has 0 saturated heterocycles. The van der Waals surface area contributed by atoms with Gasteiger partial charge in [0.05, 0.1) is 0 Å². The van der Waals surface area contributed by atoms with Gasteiger partial charge in [-0.2, -0.15) is 0 Å². The van der Waals surface area contributed by atoms with Gasteiger partial charge in [0.25, 0.3) is 0 Å². The highest BCUT2D eigenvalue weighted by atomic mass is 16.2. The Kier molecular flexibility index (Phi) is 6.56. The predicted molar refractivity (Wildman–Crippen MR) is 71.7 cm³/mol. The summed E-state index contributed by atoms with van der Waals surface area (Å²) >= 11 is 0. The molecule has 0 aromatic heterocycles. The zero-order valence-corrected chi connectivity index (χ0v) is 11.5. The fourth-order valence-corrected chi connectivity index (χ4v) is 2.60. The highest BCUT2D eigenvalue weighted by molar-refractivity contribution is 5.78. The fourth-order valence-electron chi connectivity index (χ4n) is 2.60. The first kappa shape index (κ1) is 14.5. The fraction of sp³-hybridized carbons (Fsp3) is 0.929. The van der Waals surface area contributed by atoms with Crippen molar-refractivity contribution in [2.24, 2.45) is 17.6 Å². The van der Waals surface area contributed by atoms with Crippen LogP contribution in [-0.2, 0) is 4.79 Å².